The van der Waals surface area contributed by atoms with Crippen molar-refractivity contribution in [3.8, 4) is 0 Å². The summed E-state index contributed by atoms with van der Waals surface area (Å²) in [4.78, 5) is 18.9. The summed E-state index contributed by atoms with van der Waals surface area (Å²) >= 11 is 0. The Kier molecular flexibility index (Phi) is 6.74. The Morgan fingerprint density at radius 2 is 1.07 bits per heavy atom. The fraction of sp³-hybridized carbons (Fsp3) is 1.00. The van der Waals surface area contributed by atoms with E-state index in [1.54, 1.807) is 41.5 Å². The molecule has 0 radical (unpaired) electrons. The topological polar surface area (TPSA) is 58.9 Å². The summed E-state index contributed by atoms with van der Waals surface area (Å²) < 4.78 is 10.1. The van der Waals surface area contributed by atoms with Crippen molar-refractivity contribution in [2.24, 2.45) is 0 Å². The minimum absolute atomic E-state index is 0. The fourth-order valence-electron chi connectivity index (χ4n) is 0.819. The van der Waals surface area contributed by atoms with Gasteiger partial charge in [0.05, 0.1) is 11.2 Å². The molecular formula is C8H21NaO4Si. The molecule has 0 unspecified atom stereocenters. The van der Waals surface area contributed by atoms with Crippen molar-refractivity contribution in [3.05, 3.63) is 0 Å². The molecule has 0 saturated carbocycles. The van der Waals surface area contributed by atoms with Crippen LogP contribution >= 0.6 is 0 Å². The van der Waals surface area contributed by atoms with E-state index in [4.69, 9.17) is 8.85 Å². The van der Waals surface area contributed by atoms with E-state index in [0.717, 1.165) is 0 Å². The van der Waals surface area contributed by atoms with Crippen molar-refractivity contribution in [3.63, 3.8) is 0 Å². The predicted molar refractivity (Wildman–Crippen MR) is 53.0 cm³/mol. The summed E-state index contributed by atoms with van der Waals surface area (Å²) in [7, 11) is -3.97. The summed E-state index contributed by atoms with van der Waals surface area (Å²) in [6.07, 6.45) is 0. The van der Waals surface area contributed by atoms with Crippen LogP contribution in [0.5, 0.6) is 0 Å². The molecule has 0 saturated heterocycles. The first-order valence-corrected chi connectivity index (χ1v) is 5.97. The summed E-state index contributed by atoms with van der Waals surface area (Å²) in [5, 5.41) is 0. The monoisotopic (exact) mass is 232 g/mol. The molecule has 6 heteroatoms. The first-order valence-electron chi connectivity index (χ1n) is 4.26. The second kappa shape index (κ2) is 5.40. The molecule has 0 atom stereocenters. The van der Waals surface area contributed by atoms with Gasteiger partial charge < -0.3 is 19.9 Å². The molecule has 0 aliphatic rings. The number of hydrogen-bond donors (Lipinski definition) is 2. The maximum Gasteiger partial charge on any atom is 1.00 e. The minimum atomic E-state index is -3.97. The van der Waals surface area contributed by atoms with Crippen molar-refractivity contribution < 1.29 is 49.4 Å². The third kappa shape index (κ3) is 11.1. The predicted octanol–water partition coefficient (Wildman–Crippen LogP) is -1.85. The van der Waals surface area contributed by atoms with Gasteiger partial charge in [-0.3, -0.25) is 0 Å². The maximum absolute atomic E-state index is 9.44. The van der Waals surface area contributed by atoms with E-state index < -0.39 is 20.3 Å². The molecule has 14 heavy (non-hydrogen) atoms. The van der Waals surface area contributed by atoms with E-state index in [1.807, 2.05) is 0 Å². The second-order valence-electron chi connectivity index (χ2n) is 4.98. The third-order valence-electron chi connectivity index (χ3n) is 0.878. The number of hydrogen-bond acceptors (Lipinski definition) is 4. The molecular weight excluding hydrogens is 211 g/mol. The molecule has 0 amide bonds. The van der Waals surface area contributed by atoms with Gasteiger partial charge in [-0.25, -0.2) is 0 Å². The zero-order chi connectivity index (χ0) is 10.9. The van der Waals surface area contributed by atoms with Crippen molar-refractivity contribution in [2.45, 2.75) is 52.7 Å². The first-order chi connectivity index (χ1) is 5.41. The van der Waals surface area contributed by atoms with Crippen LogP contribution in [0, 0.1) is 0 Å². The number of rotatable bonds is 2. The molecule has 0 spiro atoms. The molecule has 0 aromatic carbocycles. The second-order valence-corrected chi connectivity index (χ2v) is 6.48. The van der Waals surface area contributed by atoms with Crippen LogP contribution in [-0.4, -0.2) is 29.8 Å². The van der Waals surface area contributed by atoms with Gasteiger partial charge in [-0.05, 0) is 41.5 Å². The smallest absolute Gasteiger partial charge is 1.00 e. The van der Waals surface area contributed by atoms with E-state index >= 15 is 0 Å². The first kappa shape index (κ1) is 17.5. The van der Waals surface area contributed by atoms with Gasteiger partial charge in [0.25, 0.3) is 0 Å². The Balaban J connectivity index is -0.000000720. The van der Waals surface area contributed by atoms with Gasteiger partial charge in [-0.2, -0.15) is 0 Å². The van der Waals surface area contributed by atoms with Crippen molar-refractivity contribution in [2.75, 3.05) is 0 Å². The van der Waals surface area contributed by atoms with Crippen molar-refractivity contribution in [1.29, 1.82) is 0 Å². The molecule has 0 fully saturated rings. The van der Waals surface area contributed by atoms with Gasteiger partial charge in [0.2, 0.25) is 0 Å². The van der Waals surface area contributed by atoms with E-state index in [1.165, 1.54) is 0 Å². The van der Waals surface area contributed by atoms with Gasteiger partial charge in [-0.15, -0.1) is 0 Å². The fourth-order valence-corrected chi connectivity index (χ4v) is 2.46. The van der Waals surface area contributed by atoms with Crippen LogP contribution in [0.4, 0.5) is 0 Å². The average molecular weight is 232 g/mol. The van der Waals surface area contributed by atoms with Crippen molar-refractivity contribution >= 4 is 9.05 Å². The Morgan fingerprint density at radius 3 is 1.21 bits per heavy atom. The molecule has 0 heterocycles. The van der Waals surface area contributed by atoms with Gasteiger partial charge in [-0.1, -0.05) is 0 Å². The molecule has 0 aliphatic carbocycles. The van der Waals surface area contributed by atoms with Crippen LogP contribution in [0.3, 0.4) is 0 Å². The van der Waals surface area contributed by atoms with Crippen LogP contribution in [0.25, 0.3) is 0 Å². The Labute approximate surface area is 111 Å². The molecule has 0 aromatic rings. The van der Waals surface area contributed by atoms with E-state index in [2.05, 4.69) is 0 Å². The van der Waals surface area contributed by atoms with E-state index in [0.29, 0.717) is 0 Å². The van der Waals surface area contributed by atoms with Crippen LogP contribution in [0.15, 0.2) is 0 Å². The van der Waals surface area contributed by atoms with Gasteiger partial charge in [0.15, 0.2) is 0 Å². The normalized spacial score (nSPS) is 13.7. The summed E-state index contributed by atoms with van der Waals surface area (Å²) in [5.41, 5.74) is -1.22. The van der Waals surface area contributed by atoms with Crippen LogP contribution < -0.4 is 29.6 Å². The molecule has 0 rings (SSSR count). The Hall–Kier alpha value is 1.06. The van der Waals surface area contributed by atoms with E-state index in [9.17, 15) is 9.59 Å². The van der Waals surface area contributed by atoms with E-state index in [-0.39, 0.29) is 31.0 Å². The zero-order valence-corrected chi connectivity index (χ0v) is 13.2. The zero-order valence-electron chi connectivity index (χ0n) is 11.2. The molecule has 4 nitrogen and oxygen atoms in total. The van der Waals surface area contributed by atoms with Gasteiger partial charge in [0, 0.05) is 0 Å². The molecule has 82 valence electrons. The largest absolute Gasteiger partial charge is 1.00 e. The Morgan fingerprint density at radius 1 is 0.857 bits per heavy atom. The van der Waals surface area contributed by atoms with Gasteiger partial charge >= 0.3 is 38.6 Å². The SMILES string of the molecule is CC(C)(C)O[Si](O)(O)OC(C)(C)C.[H-].[Na+]. The quantitative estimate of drug-likeness (QED) is 0.549. The Bertz CT molecular complexity index is 158. The van der Waals surface area contributed by atoms with Gasteiger partial charge in [0.1, 0.15) is 0 Å². The van der Waals surface area contributed by atoms with Crippen LogP contribution in [0.1, 0.15) is 43.0 Å². The molecule has 0 bridgehead atoms. The molecule has 2 N–H and O–H groups in total. The average Bonchev–Trinajstić information content (AvgIpc) is 1.43. The molecule has 0 aromatic heterocycles. The minimum Gasteiger partial charge on any atom is -1.00 e. The summed E-state index contributed by atoms with van der Waals surface area (Å²) in [5.74, 6) is 0. The van der Waals surface area contributed by atoms with Crippen LogP contribution in [0.2, 0.25) is 0 Å². The van der Waals surface area contributed by atoms with Crippen LogP contribution in [-0.2, 0) is 8.85 Å². The molecule has 0 aliphatic heterocycles. The maximum atomic E-state index is 9.44. The standard InChI is InChI=1S/C8H20O4Si.Na.H/c1-7(2,3)11-13(9,10)12-8(4,5)6;;/h9-10H,1-6H3;;/q;+1;-1. The summed E-state index contributed by atoms with van der Waals surface area (Å²) in [6, 6.07) is 0. The summed E-state index contributed by atoms with van der Waals surface area (Å²) in [6.45, 7) is 10.5. The third-order valence-corrected chi connectivity index (χ3v) is 2.63. The van der Waals surface area contributed by atoms with Crippen molar-refractivity contribution in [1.82, 2.24) is 0 Å².